The Labute approximate surface area is 105 Å². The lowest BCUT2D eigenvalue weighted by molar-refractivity contribution is 0.566. The topological polar surface area (TPSA) is 3.24 Å². The van der Waals surface area contributed by atoms with Crippen LogP contribution in [0.25, 0.3) is 5.57 Å². The van der Waals surface area contributed by atoms with Crippen LogP contribution < -0.4 is 0 Å². The van der Waals surface area contributed by atoms with Gasteiger partial charge in [0.25, 0.3) is 0 Å². The minimum Gasteiger partial charge on any atom is -0.383 e. The molecule has 0 spiro atoms. The molecule has 0 fully saturated rings. The molecule has 0 radical (unpaired) electrons. The van der Waals surface area contributed by atoms with Gasteiger partial charge >= 0.3 is 0 Å². The van der Waals surface area contributed by atoms with Crippen molar-refractivity contribution in [2.45, 2.75) is 26.7 Å². The molecular formula is C16H23N. The first-order valence-corrected chi connectivity index (χ1v) is 6.07. The van der Waals surface area contributed by atoms with E-state index in [4.69, 9.17) is 0 Å². The average Bonchev–Trinajstić information content (AvgIpc) is 2.25. The van der Waals surface area contributed by atoms with Gasteiger partial charge in [0, 0.05) is 20.3 Å². The number of rotatable bonds is 4. The van der Waals surface area contributed by atoms with Crippen LogP contribution in [0, 0.1) is 6.92 Å². The molecule has 0 unspecified atom stereocenters. The van der Waals surface area contributed by atoms with Gasteiger partial charge in [-0.1, -0.05) is 50.3 Å². The molecule has 1 nitrogen and oxygen atoms in total. The van der Waals surface area contributed by atoms with E-state index in [0.29, 0.717) is 5.92 Å². The zero-order valence-corrected chi connectivity index (χ0v) is 11.6. The normalized spacial score (nSPS) is 11.8. The molecule has 0 aliphatic heterocycles. The predicted octanol–water partition coefficient (Wildman–Crippen LogP) is 4.21. The van der Waals surface area contributed by atoms with Crippen LogP contribution in [0.2, 0.25) is 0 Å². The number of hydrogen-bond acceptors (Lipinski definition) is 1. The Bertz CT molecular complexity index is 425. The highest BCUT2D eigenvalue weighted by Crippen LogP contribution is 2.27. The molecule has 1 aromatic rings. The second kappa shape index (κ2) is 5.72. The molecule has 1 aromatic carbocycles. The molecule has 0 atom stereocenters. The van der Waals surface area contributed by atoms with Gasteiger partial charge in [0.05, 0.1) is 0 Å². The second-order valence-electron chi connectivity index (χ2n) is 5.00. The molecule has 92 valence electrons. The summed E-state index contributed by atoms with van der Waals surface area (Å²) >= 11 is 0. The van der Waals surface area contributed by atoms with Gasteiger partial charge in [0.15, 0.2) is 0 Å². The van der Waals surface area contributed by atoms with Crippen molar-refractivity contribution in [3.05, 3.63) is 53.7 Å². The third-order valence-electron chi connectivity index (χ3n) is 2.76. The van der Waals surface area contributed by atoms with E-state index in [0.717, 1.165) is 0 Å². The van der Waals surface area contributed by atoms with Crippen molar-refractivity contribution in [1.29, 1.82) is 0 Å². The van der Waals surface area contributed by atoms with Gasteiger partial charge in [-0.2, -0.15) is 0 Å². The maximum atomic E-state index is 3.92. The predicted molar refractivity (Wildman–Crippen MR) is 77.1 cm³/mol. The Morgan fingerprint density at radius 2 is 1.94 bits per heavy atom. The Kier molecular flexibility index (Phi) is 4.56. The molecule has 0 saturated heterocycles. The molecule has 0 heterocycles. The van der Waals surface area contributed by atoms with Crippen LogP contribution in [0.1, 0.15) is 36.5 Å². The van der Waals surface area contributed by atoms with Crippen LogP contribution in [-0.2, 0) is 0 Å². The van der Waals surface area contributed by atoms with Crippen molar-refractivity contribution in [1.82, 2.24) is 4.90 Å². The molecule has 1 rings (SSSR count). The summed E-state index contributed by atoms with van der Waals surface area (Å²) in [4.78, 5) is 2.06. The highest BCUT2D eigenvalue weighted by molar-refractivity contribution is 5.75. The SMILES string of the molecule is C=C/C(=C\N(C)C)c1ccc(C)cc1C(C)C. The molecule has 0 aliphatic carbocycles. The molecule has 0 aromatic heterocycles. The van der Waals surface area contributed by atoms with Gasteiger partial charge < -0.3 is 4.90 Å². The van der Waals surface area contributed by atoms with E-state index in [9.17, 15) is 0 Å². The average molecular weight is 229 g/mol. The first-order chi connectivity index (χ1) is 7.95. The summed E-state index contributed by atoms with van der Waals surface area (Å²) in [5, 5.41) is 0. The van der Waals surface area contributed by atoms with E-state index in [1.807, 2.05) is 20.2 Å². The van der Waals surface area contributed by atoms with Crippen molar-refractivity contribution >= 4 is 5.57 Å². The third-order valence-corrected chi connectivity index (χ3v) is 2.76. The highest BCUT2D eigenvalue weighted by Gasteiger charge is 2.09. The number of nitrogens with zero attached hydrogens (tertiary/aromatic N) is 1. The molecule has 0 aliphatic rings. The maximum absolute atomic E-state index is 3.92. The number of benzene rings is 1. The summed E-state index contributed by atoms with van der Waals surface area (Å²) in [6.45, 7) is 10.5. The van der Waals surface area contributed by atoms with E-state index < -0.39 is 0 Å². The summed E-state index contributed by atoms with van der Waals surface area (Å²) in [6.07, 6.45) is 4.04. The molecule has 0 saturated carbocycles. The Balaban J connectivity index is 3.33. The van der Waals surface area contributed by atoms with E-state index in [1.165, 1.54) is 22.3 Å². The van der Waals surface area contributed by atoms with E-state index in [2.05, 4.69) is 56.6 Å². The minimum atomic E-state index is 0.524. The summed E-state index contributed by atoms with van der Waals surface area (Å²) in [5.74, 6) is 0.524. The quantitative estimate of drug-likeness (QED) is 0.699. The Morgan fingerprint density at radius 3 is 2.41 bits per heavy atom. The standard InChI is InChI=1S/C16H23N/c1-7-14(11-17(5)6)15-9-8-13(4)10-16(15)12(2)3/h7-12H,1H2,2-6H3/b14-11+. The Morgan fingerprint density at radius 1 is 1.29 bits per heavy atom. The fraction of sp³-hybridized carbons (Fsp3) is 0.375. The number of hydrogen-bond donors (Lipinski definition) is 0. The van der Waals surface area contributed by atoms with E-state index in [-0.39, 0.29) is 0 Å². The molecule has 0 N–H and O–H groups in total. The zero-order valence-electron chi connectivity index (χ0n) is 11.6. The van der Waals surface area contributed by atoms with Crippen molar-refractivity contribution in [2.75, 3.05) is 14.1 Å². The van der Waals surface area contributed by atoms with Gasteiger partial charge in [0.2, 0.25) is 0 Å². The van der Waals surface area contributed by atoms with Crippen molar-refractivity contribution in [3.63, 3.8) is 0 Å². The van der Waals surface area contributed by atoms with Gasteiger partial charge in [-0.25, -0.2) is 0 Å². The van der Waals surface area contributed by atoms with Crippen molar-refractivity contribution in [3.8, 4) is 0 Å². The van der Waals surface area contributed by atoms with Gasteiger partial charge in [-0.15, -0.1) is 0 Å². The van der Waals surface area contributed by atoms with Crippen LogP contribution in [0.15, 0.2) is 37.1 Å². The van der Waals surface area contributed by atoms with Crippen LogP contribution in [0.4, 0.5) is 0 Å². The van der Waals surface area contributed by atoms with Crippen LogP contribution >= 0.6 is 0 Å². The number of aryl methyl sites for hydroxylation is 1. The lowest BCUT2D eigenvalue weighted by Crippen LogP contribution is -2.04. The van der Waals surface area contributed by atoms with E-state index in [1.54, 1.807) is 0 Å². The van der Waals surface area contributed by atoms with Gasteiger partial charge in [-0.3, -0.25) is 0 Å². The van der Waals surface area contributed by atoms with Crippen LogP contribution in [-0.4, -0.2) is 19.0 Å². The van der Waals surface area contributed by atoms with E-state index >= 15 is 0 Å². The van der Waals surface area contributed by atoms with Crippen LogP contribution in [0.5, 0.6) is 0 Å². The monoisotopic (exact) mass is 229 g/mol. The molecular weight excluding hydrogens is 206 g/mol. The summed E-state index contributed by atoms with van der Waals surface area (Å²) < 4.78 is 0. The largest absolute Gasteiger partial charge is 0.383 e. The molecule has 1 heteroatoms. The van der Waals surface area contributed by atoms with Gasteiger partial charge in [0.1, 0.15) is 0 Å². The summed E-state index contributed by atoms with van der Waals surface area (Å²) in [6, 6.07) is 6.63. The molecule has 17 heavy (non-hydrogen) atoms. The molecule has 0 bridgehead atoms. The van der Waals surface area contributed by atoms with Crippen molar-refractivity contribution < 1.29 is 0 Å². The second-order valence-corrected chi connectivity index (χ2v) is 5.00. The first kappa shape index (κ1) is 13.6. The molecule has 0 amide bonds. The summed E-state index contributed by atoms with van der Waals surface area (Å²) in [5.41, 5.74) is 5.16. The minimum absolute atomic E-state index is 0.524. The highest BCUT2D eigenvalue weighted by atomic mass is 15.0. The summed E-state index contributed by atoms with van der Waals surface area (Å²) in [7, 11) is 4.07. The van der Waals surface area contributed by atoms with Gasteiger partial charge in [-0.05, 0) is 29.5 Å². The maximum Gasteiger partial charge on any atom is 0.00646 e. The lowest BCUT2D eigenvalue weighted by Gasteiger charge is -2.16. The van der Waals surface area contributed by atoms with Crippen LogP contribution in [0.3, 0.4) is 0 Å². The lowest BCUT2D eigenvalue weighted by atomic mass is 9.91. The van der Waals surface area contributed by atoms with Crippen molar-refractivity contribution in [2.24, 2.45) is 0 Å². The fourth-order valence-corrected chi connectivity index (χ4v) is 1.93. The Hall–Kier alpha value is -1.50. The fourth-order valence-electron chi connectivity index (χ4n) is 1.93. The zero-order chi connectivity index (χ0) is 13.0. The number of allylic oxidation sites excluding steroid dienone is 2. The smallest absolute Gasteiger partial charge is 0.00646 e. The first-order valence-electron chi connectivity index (χ1n) is 6.07. The third kappa shape index (κ3) is 3.48.